The Morgan fingerprint density at radius 1 is 1.08 bits per heavy atom. The van der Waals surface area contributed by atoms with Gasteiger partial charge >= 0.3 is 6.18 Å². The minimum Gasteiger partial charge on any atom is -0.319 e. The zero-order chi connectivity index (χ0) is 17.7. The van der Waals surface area contributed by atoms with Crippen molar-refractivity contribution in [3.05, 3.63) is 71.0 Å². The number of anilines is 1. The molecule has 0 unspecified atom stereocenters. The highest BCUT2D eigenvalue weighted by molar-refractivity contribution is 6.09. The molecule has 2 rings (SSSR count). The number of alkyl halides is 3. The molecule has 0 aromatic heterocycles. The first-order chi connectivity index (χ1) is 11.3. The molecule has 0 atom stereocenters. The van der Waals surface area contributed by atoms with Gasteiger partial charge in [-0.25, -0.2) is 4.39 Å². The maximum Gasteiger partial charge on any atom is 0.416 e. The van der Waals surface area contributed by atoms with Gasteiger partial charge in [0.25, 0.3) is 5.91 Å². The van der Waals surface area contributed by atoms with E-state index in [1.165, 1.54) is 36.4 Å². The van der Waals surface area contributed by atoms with Gasteiger partial charge in [0.15, 0.2) is 0 Å². The summed E-state index contributed by atoms with van der Waals surface area (Å²) in [6.07, 6.45) is -3.81. The molecule has 2 aromatic rings. The van der Waals surface area contributed by atoms with Gasteiger partial charge in [-0.1, -0.05) is 30.3 Å². The maximum absolute atomic E-state index is 13.5. The summed E-state index contributed by atoms with van der Waals surface area (Å²) in [6.45, 7) is 0. The van der Waals surface area contributed by atoms with E-state index in [2.05, 4.69) is 5.32 Å². The Balaban J connectivity index is 2.36. The molecule has 122 valence electrons. The topological polar surface area (TPSA) is 52.9 Å². The van der Waals surface area contributed by atoms with Gasteiger partial charge in [0.2, 0.25) is 0 Å². The average molecular weight is 334 g/mol. The lowest BCUT2D eigenvalue weighted by atomic mass is 10.0. The molecule has 0 aliphatic heterocycles. The van der Waals surface area contributed by atoms with Gasteiger partial charge in [0.05, 0.1) is 11.3 Å². The standard InChI is InChI=1S/C17H10F4N2O/c18-14-7-3-4-8-15(14)23-16(24)12(10-22)9-11-5-1-2-6-13(11)17(19,20)21/h1-9H,(H,23,24)/b12-9-. The monoisotopic (exact) mass is 334 g/mol. The second-order valence-corrected chi connectivity index (χ2v) is 4.69. The molecule has 1 N–H and O–H groups in total. The summed E-state index contributed by atoms with van der Waals surface area (Å²) >= 11 is 0. The van der Waals surface area contributed by atoms with Crippen molar-refractivity contribution in [3.8, 4) is 6.07 Å². The smallest absolute Gasteiger partial charge is 0.319 e. The lowest BCUT2D eigenvalue weighted by molar-refractivity contribution is -0.137. The quantitative estimate of drug-likeness (QED) is 0.514. The fourth-order valence-corrected chi connectivity index (χ4v) is 1.94. The maximum atomic E-state index is 13.5. The van der Waals surface area contributed by atoms with Crippen LogP contribution < -0.4 is 5.32 Å². The minimum absolute atomic E-state index is 0.173. The molecule has 2 aromatic carbocycles. The minimum atomic E-state index is -4.63. The molecule has 0 bridgehead atoms. The highest BCUT2D eigenvalue weighted by Gasteiger charge is 2.32. The highest BCUT2D eigenvalue weighted by Crippen LogP contribution is 2.32. The Labute approximate surface area is 134 Å². The molecule has 7 heteroatoms. The van der Waals surface area contributed by atoms with Crippen LogP contribution in [0.25, 0.3) is 6.08 Å². The number of amides is 1. The van der Waals surface area contributed by atoms with Crippen molar-refractivity contribution in [2.24, 2.45) is 0 Å². The molecule has 0 aliphatic rings. The number of para-hydroxylation sites is 1. The Kier molecular flexibility index (Phi) is 4.99. The molecular weight excluding hydrogens is 324 g/mol. The molecule has 0 radical (unpaired) electrons. The summed E-state index contributed by atoms with van der Waals surface area (Å²) in [5.41, 5.74) is -2.05. The number of hydrogen-bond acceptors (Lipinski definition) is 2. The van der Waals surface area contributed by atoms with Gasteiger partial charge < -0.3 is 5.32 Å². The molecule has 0 saturated heterocycles. The van der Waals surface area contributed by atoms with Crippen LogP contribution in [0.15, 0.2) is 54.1 Å². The average Bonchev–Trinajstić information content (AvgIpc) is 2.54. The molecule has 0 spiro atoms. The SMILES string of the molecule is N#C/C(=C/c1ccccc1C(F)(F)F)C(=O)Nc1ccccc1F. The van der Waals surface area contributed by atoms with Gasteiger partial charge in [0.1, 0.15) is 17.5 Å². The van der Waals surface area contributed by atoms with Crippen molar-refractivity contribution >= 4 is 17.7 Å². The Bertz CT molecular complexity index is 835. The predicted molar refractivity (Wildman–Crippen MR) is 80.1 cm³/mol. The van der Waals surface area contributed by atoms with Crippen LogP contribution in [-0.2, 0) is 11.0 Å². The van der Waals surface area contributed by atoms with E-state index in [0.717, 1.165) is 24.3 Å². The van der Waals surface area contributed by atoms with Crippen LogP contribution in [0.5, 0.6) is 0 Å². The number of carbonyl (C=O) groups is 1. The number of nitrogens with zero attached hydrogens (tertiary/aromatic N) is 1. The van der Waals surface area contributed by atoms with E-state index in [-0.39, 0.29) is 11.3 Å². The number of hydrogen-bond donors (Lipinski definition) is 1. The number of rotatable bonds is 3. The summed E-state index contributed by atoms with van der Waals surface area (Å²) in [5.74, 6) is -1.72. The number of halogens is 4. The van der Waals surface area contributed by atoms with Crippen LogP contribution >= 0.6 is 0 Å². The Morgan fingerprint density at radius 2 is 1.71 bits per heavy atom. The number of nitriles is 1. The highest BCUT2D eigenvalue weighted by atomic mass is 19.4. The number of nitrogens with one attached hydrogen (secondary N) is 1. The van der Waals surface area contributed by atoms with Crippen LogP contribution in [0.1, 0.15) is 11.1 Å². The van der Waals surface area contributed by atoms with E-state index < -0.39 is 29.0 Å². The van der Waals surface area contributed by atoms with Crippen molar-refractivity contribution in [2.45, 2.75) is 6.18 Å². The molecular formula is C17H10F4N2O. The van der Waals surface area contributed by atoms with E-state index in [9.17, 15) is 22.4 Å². The first-order valence-electron chi connectivity index (χ1n) is 6.67. The van der Waals surface area contributed by atoms with Crippen molar-refractivity contribution in [1.82, 2.24) is 0 Å². The van der Waals surface area contributed by atoms with Gasteiger partial charge in [-0.05, 0) is 29.8 Å². The van der Waals surface area contributed by atoms with Gasteiger partial charge in [-0.2, -0.15) is 18.4 Å². The first kappa shape index (κ1) is 17.2. The first-order valence-corrected chi connectivity index (χ1v) is 6.67. The predicted octanol–water partition coefficient (Wildman–Crippen LogP) is 4.39. The summed E-state index contributed by atoms with van der Waals surface area (Å²) in [4.78, 5) is 12.0. The zero-order valence-corrected chi connectivity index (χ0v) is 12.1. The molecule has 1 amide bonds. The van der Waals surface area contributed by atoms with E-state index >= 15 is 0 Å². The van der Waals surface area contributed by atoms with E-state index in [1.54, 1.807) is 0 Å². The van der Waals surface area contributed by atoms with Crippen molar-refractivity contribution in [2.75, 3.05) is 5.32 Å². The second-order valence-electron chi connectivity index (χ2n) is 4.69. The van der Waals surface area contributed by atoms with Crippen LogP contribution in [0.4, 0.5) is 23.2 Å². The van der Waals surface area contributed by atoms with Crippen LogP contribution in [-0.4, -0.2) is 5.91 Å². The molecule has 0 saturated carbocycles. The molecule has 0 fully saturated rings. The fourth-order valence-electron chi connectivity index (χ4n) is 1.94. The lowest BCUT2D eigenvalue weighted by Crippen LogP contribution is -2.15. The molecule has 0 aliphatic carbocycles. The van der Waals surface area contributed by atoms with Gasteiger partial charge in [0, 0.05) is 0 Å². The van der Waals surface area contributed by atoms with Crippen molar-refractivity contribution in [1.29, 1.82) is 5.26 Å². The number of carbonyl (C=O) groups excluding carboxylic acids is 1. The Hall–Kier alpha value is -3.14. The second kappa shape index (κ2) is 6.96. The van der Waals surface area contributed by atoms with Gasteiger partial charge in [-0.15, -0.1) is 0 Å². The summed E-state index contributed by atoms with van der Waals surface area (Å²) in [6, 6.07) is 11.3. The third kappa shape index (κ3) is 3.98. The van der Waals surface area contributed by atoms with Crippen molar-refractivity contribution in [3.63, 3.8) is 0 Å². The Morgan fingerprint density at radius 3 is 2.33 bits per heavy atom. The van der Waals surface area contributed by atoms with E-state index in [4.69, 9.17) is 5.26 Å². The van der Waals surface area contributed by atoms with E-state index in [1.807, 2.05) is 0 Å². The third-order valence-corrected chi connectivity index (χ3v) is 3.05. The van der Waals surface area contributed by atoms with Crippen molar-refractivity contribution < 1.29 is 22.4 Å². The van der Waals surface area contributed by atoms with Crippen LogP contribution in [0.2, 0.25) is 0 Å². The molecule has 24 heavy (non-hydrogen) atoms. The van der Waals surface area contributed by atoms with Crippen LogP contribution in [0, 0.1) is 17.1 Å². The summed E-state index contributed by atoms with van der Waals surface area (Å²) in [5, 5.41) is 11.2. The third-order valence-electron chi connectivity index (χ3n) is 3.05. The zero-order valence-electron chi connectivity index (χ0n) is 12.1. The van der Waals surface area contributed by atoms with Crippen LogP contribution in [0.3, 0.4) is 0 Å². The molecule has 3 nitrogen and oxygen atoms in total. The van der Waals surface area contributed by atoms with Gasteiger partial charge in [-0.3, -0.25) is 4.79 Å². The number of benzene rings is 2. The lowest BCUT2D eigenvalue weighted by Gasteiger charge is -2.10. The normalized spacial score (nSPS) is 11.7. The largest absolute Gasteiger partial charge is 0.416 e. The fraction of sp³-hybridized carbons (Fsp3) is 0.0588. The summed E-state index contributed by atoms with van der Waals surface area (Å²) < 4.78 is 52.3. The van der Waals surface area contributed by atoms with E-state index in [0.29, 0.717) is 0 Å². The summed E-state index contributed by atoms with van der Waals surface area (Å²) in [7, 11) is 0. The molecule has 0 heterocycles.